The fourth-order valence-corrected chi connectivity index (χ4v) is 0.759. The standard InChI is InChI=1S/C4H4O8S2.CH3/c5-3(11-13(7)8)1-2-4(6)12-14(9)10;/h1-2,13-14H;1H3/b2-1-;. The highest BCUT2D eigenvalue weighted by Gasteiger charge is 2.01. The third-order valence-electron chi connectivity index (χ3n) is 0.685. The molecule has 0 aromatic heterocycles. The maximum absolute atomic E-state index is 10.4. The van der Waals surface area contributed by atoms with Gasteiger partial charge in [0.15, 0.2) is 0 Å². The van der Waals surface area contributed by atoms with E-state index in [1.54, 1.807) is 0 Å². The van der Waals surface area contributed by atoms with Gasteiger partial charge in [0.25, 0.3) is 0 Å². The second-order valence-corrected chi connectivity index (χ2v) is 2.86. The summed E-state index contributed by atoms with van der Waals surface area (Å²) in [4.78, 5) is 20.8. The van der Waals surface area contributed by atoms with Crippen molar-refractivity contribution < 1.29 is 34.8 Å². The van der Waals surface area contributed by atoms with Crippen molar-refractivity contribution in [3.8, 4) is 0 Å². The first-order chi connectivity index (χ1) is 6.41. The molecule has 87 valence electrons. The zero-order chi connectivity index (χ0) is 11.1. The Hall–Kier alpha value is -1.42. The van der Waals surface area contributed by atoms with E-state index < -0.39 is 33.9 Å². The molecular formula is C5H7O8S2. The Morgan fingerprint density at radius 1 is 0.800 bits per heavy atom. The maximum atomic E-state index is 10.4. The second kappa shape index (κ2) is 7.94. The molecule has 0 heterocycles. The molecule has 0 fully saturated rings. The van der Waals surface area contributed by atoms with E-state index in [2.05, 4.69) is 8.37 Å². The molecule has 1 radical (unpaired) electrons. The Morgan fingerprint density at radius 3 is 1.27 bits per heavy atom. The summed E-state index contributed by atoms with van der Waals surface area (Å²) in [5.41, 5.74) is 0. The SMILES string of the molecule is O=C(/C=C\C(=O)O[SH](=O)=O)O[SH](=O)=O.[CH3]. The first kappa shape index (κ1) is 16.0. The molecule has 0 aromatic rings. The zero-order valence-electron chi connectivity index (χ0n) is 7.32. The van der Waals surface area contributed by atoms with E-state index in [9.17, 15) is 26.4 Å². The lowest BCUT2D eigenvalue weighted by Gasteiger charge is -1.88. The smallest absolute Gasteiger partial charge is 0.344 e. The molecule has 15 heavy (non-hydrogen) atoms. The van der Waals surface area contributed by atoms with Crippen molar-refractivity contribution in [3.05, 3.63) is 19.6 Å². The lowest BCUT2D eigenvalue weighted by molar-refractivity contribution is -0.130. The molecule has 0 spiro atoms. The third-order valence-corrected chi connectivity index (χ3v) is 1.34. The van der Waals surface area contributed by atoms with Crippen LogP contribution in [0.1, 0.15) is 0 Å². The van der Waals surface area contributed by atoms with Crippen LogP contribution < -0.4 is 0 Å². The molecule has 8 nitrogen and oxygen atoms in total. The number of carbonyl (C=O) groups excluding carboxylic acids is 2. The quantitative estimate of drug-likeness (QED) is 0.445. The summed E-state index contributed by atoms with van der Waals surface area (Å²) >= 11 is 0. The van der Waals surface area contributed by atoms with Crippen LogP contribution >= 0.6 is 0 Å². The van der Waals surface area contributed by atoms with Crippen molar-refractivity contribution in [1.82, 2.24) is 0 Å². The van der Waals surface area contributed by atoms with E-state index in [-0.39, 0.29) is 7.43 Å². The average Bonchev–Trinajstić information content (AvgIpc) is 1.98. The number of hydrogen-bond acceptors (Lipinski definition) is 8. The maximum Gasteiger partial charge on any atom is 0.346 e. The normalized spacial score (nSPS) is 10.0. The summed E-state index contributed by atoms with van der Waals surface area (Å²) in [6.07, 6.45) is 0.818. The van der Waals surface area contributed by atoms with Gasteiger partial charge in [-0.3, -0.25) is 0 Å². The first-order valence-corrected chi connectivity index (χ1v) is 5.01. The molecular weight excluding hydrogens is 252 g/mol. The minimum Gasteiger partial charge on any atom is -0.344 e. The predicted octanol–water partition coefficient (Wildman–Crippen LogP) is -1.87. The third kappa shape index (κ3) is 10.5. The summed E-state index contributed by atoms with van der Waals surface area (Å²) in [7, 11) is -6.72. The molecule has 0 saturated heterocycles. The van der Waals surface area contributed by atoms with Gasteiger partial charge in [-0.15, -0.1) is 0 Å². The van der Waals surface area contributed by atoms with E-state index in [0.29, 0.717) is 12.2 Å². The van der Waals surface area contributed by atoms with Crippen LogP contribution in [0, 0.1) is 7.43 Å². The van der Waals surface area contributed by atoms with E-state index in [4.69, 9.17) is 0 Å². The van der Waals surface area contributed by atoms with Crippen LogP contribution in [0.2, 0.25) is 0 Å². The van der Waals surface area contributed by atoms with Crippen molar-refractivity contribution in [1.29, 1.82) is 0 Å². The summed E-state index contributed by atoms with van der Waals surface area (Å²) in [5.74, 6) is -2.67. The Balaban J connectivity index is 0. The molecule has 0 amide bonds. The van der Waals surface area contributed by atoms with Crippen LogP contribution in [0.25, 0.3) is 0 Å². The second-order valence-electron chi connectivity index (χ2n) is 1.60. The van der Waals surface area contributed by atoms with Gasteiger partial charge in [0.1, 0.15) is 0 Å². The van der Waals surface area contributed by atoms with Crippen LogP contribution in [0.15, 0.2) is 12.2 Å². The van der Waals surface area contributed by atoms with Gasteiger partial charge < -0.3 is 8.37 Å². The van der Waals surface area contributed by atoms with Gasteiger partial charge in [-0.05, 0) is 0 Å². The zero-order valence-corrected chi connectivity index (χ0v) is 9.10. The average molecular weight is 259 g/mol. The topological polar surface area (TPSA) is 121 Å². The molecule has 0 aliphatic carbocycles. The molecule has 0 aliphatic heterocycles. The number of hydrogen-bond donors (Lipinski definition) is 2. The van der Waals surface area contributed by atoms with Gasteiger partial charge >= 0.3 is 33.9 Å². The van der Waals surface area contributed by atoms with Crippen LogP contribution in [0.3, 0.4) is 0 Å². The van der Waals surface area contributed by atoms with Crippen molar-refractivity contribution in [3.63, 3.8) is 0 Å². The predicted molar refractivity (Wildman–Crippen MR) is 48.4 cm³/mol. The lowest BCUT2D eigenvalue weighted by atomic mass is 10.5. The highest BCUT2D eigenvalue weighted by molar-refractivity contribution is 7.67. The van der Waals surface area contributed by atoms with Crippen molar-refractivity contribution in [2.24, 2.45) is 0 Å². The molecule has 0 rings (SSSR count). The van der Waals surface area contributed by atoms with Gasteiger partial charge in [0.2, 0.25) is 0 Å². The Labute approximate surface area is 88.8 Å². The highest BCUT2D eigenvalue weighted by atomic mass is 32.2. The monoisotopic (exact) mass is 259 g/mol. The highest BCUT2D eigenvalue weighted by Crippen LogP contribution is 1.85. The Kier molecular flexibility index (Phi) is 8.48. The molecule has 0 aromatic carbocycles. The van der Waals surface area contributed by atoms with Crippen molar-refractivity contribution >= 4 is 33.9 Å². The molecule has 0 N–H and O–H groups in total. The van der Waals surface area contributed by atoms with Crippen LogP contribution in [0.4, 0.5) is 0 Å². The van der Waals surface area contributed by atoms with Crippen molar-refractivity contribution in [2.75, 3.05) is 0 Å². The largest absolute Gasteiger partial charge is 0.346 e. The molecule has 0 saturated carbocycles. The molecule has 10 heteroatoms. The van der Waals surface area contributed by atoms with Gasteiger partial charge in [-0.1, -0.05) is 7.43 Å². The fourth-order valence-electron chi connectivity index (χ4n) is 0.344. The first-order valence-electron chi connectivity index (χ1n) is 2.82. The molecule has 0 bridgehead atoms. The van der Waals surface area contributed by atoms with E-state index >= 15 is 0 Å². The minimum atomic E-state index is -3.36. The number of thiol groups is 2. The van der Waals surface area contributed by atoms with E-state index in [0.717, 1.165) is 0 Å². The van der Waals surface area contributed by atoms with E-state index in [1.165, 1.54) is 0 Å². The number of rotatable bonds is 4. The van der Waals surface area contributed by atoms with Gasteiger partial charge in [-0.25, -0.2) is 9.59 Å². The Morgan fingerprint density at radius 2 is 1.07 bits per heavy atom. The molecule has 0 atom stereocenters. The minimum absolute atomic E-state index is 0. The van der Waals surface area contributed by atoms with Crippen LogP contribution in [-0.2, 0) is 39.9 Å². The number of carbonyl (C=O) groups is 2. The van der Waals surface area contributed by atoms with Gasteiger partial charge in [-0.2, -0.15) is 16.8 Å². The van der Waals surface area contributed by atoms with Crippen molar-refractivity contribution in [2.45, 2.75) is 0 Å². The van der Waals surface area contributed by atoms with E-state index in [1.807, 2.05) is 0 Å². The van der Waals surface area contributed by atoms with Gasteiger partial charge in [0.05, 0.1) is 0 Å². The summed E-state index contributed by atoms with van der Waals surface area (Å²) in [6, 6.07) is 0. The lowest BCUT2D eigenvalue weighted by Crippen LogP contribution is -2.02. The summed E-state index contributed by atoms with van der Waals surface area (Å²) in [5, 5.41) is 0. The van der Waals surface area contributed by atoms with Crippen LogP contribution in [0.5, 0.6) is 0 Å². The molecule has 0 unspecified atom stereocenters. The molecule has 0 aliphatic rings. The summed E-state index contributed by atoms with van der Waals surface area (Å²) < 4.78 is 46.3. The van der Waals surface area contributed by atoms with Crippen LogP contribution in [-0.4, -0.2) is 28.8 Å². The summed E-state index contributed by atoms with van der Waals surface area (Å²) in [6.45, 7) is 0. The Bertz CT molecular complexity index is 347. The fraction of sp³-hybridized carbons (Fsp3) is 0. The van der Waals surface area contributed by atoms with Gasteiger partial charge in [0, 0.05) is 12.2 Å².